The van der Waals surface area contributed by atoms with Gasteiger partial charge >= 0.3 is 12.1 Å². The van der Waals surface area contributed by atoms with Crippen LogP contribution in [0.3, 0.4) is 0 Å². The second-order valence-electron chi connectivity index (χ2n) is 7.03. The maximum atomic E-state index is 12.4. The van der Waals surface area contributed by atoms with E-state index in [1.54, 1.807) is 0 Å². The lowest BCUT2D eigenvalue weighted by molar-refractivity contribution is -0.138. The van der Waals surface area contributed by atoms with Gasteiger partial charge in [-0.2, -0.15) is 0 Å². The van der Waals surface area contributed by atoms with Crippen LogP contribution < -0.4 is 0 Å². The zero-order valence-electron chi connectivity index (χ0n) is 14.4. The van der Waals surface area contributed by atoms with Crippen LogP contribution in [0.2, 0.25) is 0 Å². The predicted octanol–water partition coefficient (Wildman–Crippen LogP) is 3.06. The van der Waals surface area contributed by atoms with Crippen molar-refractivity contribution in [1.82, 2.24) is 4.90 Å². The van der Waals surface area contributed by atoms with E-state index in [2.05, 4.69) is 0 Å². The Hall–Kier alpha value is -2.08. The fraction of sp³-hybridized carbons (Fsp3) is 0.556. The summed E-state index contributed by atoms with van der Waals surface area (Å²) in [4.78, 5) is 24.9. The lowest BCUT2D eigenvalue weighted by atomic mass is 10.1. The number of carbonyl (C=O) groups is 2. The Morgan fingerprint density at radius 2 is 1.92 bits per heavy atom. The molecule has 24 heavy (non-hydrogen) atoms. The normalized spacial score (nSPS) is 20.9. The second-order valence-corrected chi connectivity index (χ2v) is 7.03. The zero-order valence-corrected chi connectivity index (χ0v) is 14.4. The first-order chi connectivity index (χ1) is 11.2. The van der Waals surface area contributed by atoms with Gasteiger partial charge in [-0.25, -0.2) is 4.79 Å². The molecule has 1 N–H and O–H groups in total. The summed E-state index contributed by atoms with van der Waals surface area (Å²) in [7, 11) is 0. The van der Waals surface area contributed by atoms with Gasteiger partial charge in [0.25, 0.3) is 0 Å². The van der Waals surface area contributed by atoms with Crippen molar-refractivity contribution in [3.05, 3.63) is 35.9 Å². The Labute approximate surface area is 142 Å². The van der Waals surface area contributed by atoms with Crippen molar-refractivity contribution in [2.45, 2.75) is 58.0 Å². The topological polar surface area (TPSA) is 76.1 Å². The van der Waals surface area contributed by atoms with Gasteiger partial charge in [0.05, 0.1) is 24.7 Å². The summed E-state index contributed by atoms with van der Waals surface area (Å²) in [5, 5.41) is 9.08. The highest BCUT2D eigenvalue weighted by molar-refractivity contribution is 5.72. The monoisotopic (exact) mass is 335 g/mol. The first kappa shape index (κ1) is 18.3. The molecular formula is C18H25NO5. The van der Waals surface area contributed by atoms with Crippen LogP contribution >= 0.6 is 0 Å². The summed E-state index contributed by atoms with van der Waals surface area (Å²) in [5.41, 5.74) is 0.546. The van der Waals surface area contributed by atoms with Crippen LogP contribution in [0.5, 0.6) is 0 Å². The molecule has 1 aliphatic heterocycles. The quantitative estimate of drug-likeness (QED) is 0.895. The molecule has 1 aromatic rings. The van der Waals surface area contributed by atoms with Gasteiger partial charge in [0, 0.05) is 6.04 Å². The minimum absolute atomic E-state index is 0.107. The Balaban J connectivity index is 1.98. The minimum Gasteiger partial charge on any atom is -0.481 e. The fourth-order valence-corrected chi connectivity index (χ4v) is 2.88. The van der Waals surface area contributed by atoms with E-state index in [9.17, 15) is 9.59 Å². The average molecular weight is 335 g/mol. The molecule has 0 spiro atoms. The molecule has 0 bridgehead atoms. The van der Waals surface area contributed by atoms with Gasteiger partial charge in [0.2, 0.25) is 0 Å². The Bertz CT molecular complexity index is 567. The van der Waals surface area contributed by atoms with Crippen LogP contribution in [0.4, 0.5) is 4.79 Å². The standard InChI is InChI=1S/C18H25NO5/c1-18(2,3)24-15-9-14(10-16(20)21)19(11-15)17(22)23-12-13-7-5-4-6-8-13/h4-8,14-15H,9-12H2,1-3H3,(H,20,21)/t14-,15+/m0/s1. The van der Waals surface area contributed by atoms with Crippen LogP contribution in [0, 0.1) is 0 Å². The van der Waals surface area contributed by atoms with Crippen LogP contribution in [-0.2, 0) is 20.9 Å². The molecule has 1 amide bonds. The van der Waals surface area contributed by atoms with Crippen LogP contribution in [-0.4, -0.2) is 46.4 Å². The molecule has 1 aromatic carbocycles. The summed E-state index contributed by atoms with van der Waals surface area (Å²) in [6, 6.07) is 8.98. The number of nitrogens with zero attached hydrogens (tertiary/aromatic N) is 1. The first-order valence-electron chi connectivity index (χ1n) is 8.11. The van der Waals surface area contributed by atoms with Crippen molar-refractivity contribution < 1.29 is 24.2 Å². The van der Waals surface area contributed by atoms with E-state index in [1.165, 1.54) is 4.90 Å². The second kappa shape index (κ2) is 7.66. The van der Waals surface area contributed by atoms with Crippen molar-refractivity contribution in [3.63, 3.8) is 0 Å². The molecule has 1 saturated heterocycles. The predicted molar refractivity (Wildman–Crippen MR) is 88.6 cm³/mol. The summed E-state index contributed by atoms with van der Waals surface area (Å²) >= 11 is 0. The Morgan fingerprint density at radius 3 is 2.50 bits per heavy atom. The molecule has 2 rings (SSSR count). The zero-order chi connectivity index (χ0) is 17.7. The lowest BCUT2D eigenvalue weighted by Crippen LogP contribution is -2.38. The summed E-state index contributed by atoms with van der Waals surface area (Å²) in [6.45, 7) is 6.34. The van der Waals surface area contributed by atoms with E-state index < -0.39 is 18.1 Å². The van der Waals surface area contributed by atoms with Crippen LogP contribution in [0.1, 0.15) is 39.2 Å². The molecule has 1 fully saturated rings. The molecule has 132 valence electrons. The number of hydrogen-bond donors (Lipinski definition) is 1. The number of carboxylic acid groups (broad SMARTS) is 1. The van der Waals surface area contributed by atoms with Gasteiger partial charge in [0.1, 0.15) is 6.61 Å². The summed E-state index contributed by atoms with van der Waals surface area (Å²) in [6.07, 6.45) is -0.280. The third-order valence-electron chi connectivity index (χ3n) is 3.75. The van der Waals surface area contributed by atoms with Gasteiger partial charge in [-0.3, -0.25) is 4.79 Å². The molecule has 1 heterocycles. The lowest BCUT2D eigenvalue weighted by Gasteiger charge is -2.25. The molecule has 0 aromatic heterocycles. The molecule has 0 aliphatic carbocycles. The highest BCUT2D eigenvalue weighted by Gasteiger charge is 2.39. The number of likely N-dealkylation sites (tertiary alicyclic amines) is 1. The van der Waals surface area contributed by atoms with Gasteiger partial charge in [-0.05, 0) is 32.8 Å². The summed E-state index contributed by atoms with van der Waals surface area (Å²) in [5.74, 6) is -0.933. The number of ether oxygens (including phenoxy) is 2. The average Bonchev–Trinajstić information content (AvgIpc) is 2.85. The number of carbonyl (C=O) groups excluding carboxylic acids is 1. The smallest absolute Gasteiger partial charge is 0.410 e. The van der Waals surface area contributed by atoms with E-state index in [1.807, 2.05) is 51.1 Å². The minimum atomic E-state index is -0.933. The van der Waals surface area contributed by atoms with Crippen LogP contribution in [0.25, 0.3) is 0 Å². The van der Waals surface area contributed by atoms with Crippen molar-refractivity contribution in [2.75, 3.05) is 6.54 Å². The van der Waals surface area contributed by atoms with Crippen LogP contribution in [0.15, 0.2) is 30.3 Å². The first-order valence-corrected chi connectivity index (χ1v) is 8.11. The Morgan fingerprint density at radius 1 is 1.25 bits per heavy atom. The molecular weight excluding hydrogens is 310 g/mol. The number of aliphatic carboxylic acids is 1. The maximum absolute atomic E-state index is 12.4. The largest absolute Gasteiger partial charge is 0.481 e. The highest BCUT2D eigenvalue weighted by Crippen LogP contribution is 2.27. The third-order valence-corrected chi connectivity index (χ3v) is 3.75. The highest BCUT2D eigenvalue weighted by atomic mass is 16.6. The van der Waals surface area contributed by atoms with E-state index in [0.29, 0.717) is 13.0 Å². The summed E-state index contributed by atoms with van der Waals surface area (Å²) < 4.78 is 11.3. The molecule has 0 saturated carbocycles. The van der Waals surface area contributed by atoms with Crippen molar-refractivity contribution in [3.8, 4) is 0 Å². The number of benzene rings is 1. The number of carboxylic acids is 1. The molecule has 0 unspecified atom stereocenters. The molecule has 0 radical (unpaired) electrons. The van der Waals surface area contributed by atoms with Gasteiger partial charge in [-0.15, -0.1) is 0 Å². The van der Waals surface area contributed by atoms with Crippen molar-refractivity contribution in [2.24, 2.45) is 0 Å². The van der Waals surface area contributed by atoms with Gasteiger partial charge < -0.3 is 19.5 Å². The number of rotatable bonds is 5. The van der Waals surface area contributed by atoms with E-state index >= 15 is 0 Å². The van der Waals surface area contributed by atoms with E-state index in [0.717, 1.165) is 5.56 Å². The number of amides is 1. The van der Waals surface area contributed by atoms with E-state index in [-0.39, 0.29) is 24.7 Å². The molecule has 1 aliphatic rings. The Kier molecular flexibility index (Phi) is 5.83. The number of hydrogen-bond acceptors (Lipinski definition) is 4. The molecule has 2 atom stereocenters. The van der Waals surface area contributed by atoms with Crippen molar-refractivity contribution in [1.29, 1.82) is 0 Å². The maximum Gasteiger partial charge on any atom is 0.410 e. The third kappa shape index (κ3) is 5.53. The van der Waals surface area contributed by atoms with Gasteiger partial charge in [-0.1, -0.05) is 30.3 Å². The molecule has 6 nitrogen and oxygen atoms in total. The molecule has 6 heteroatoms. The van der Waals surface area contributed by atoms with Gasteiger partial charge in [0.15, 0.2) is 0 Å². The van der Waals surface area contributed by atoms with E-state index in [4.69, 9.17) is 14.6 Å². The fourth-order valence-electron chi connectivity index (χ4n) is 2.88. The SMILES string of the molecule is CC(C)(C)O[C@@H]1C[C@@H](CC(=O)O)N(C(=O)OCc2ccccc2)C1. The van der Waals surface area contributed by atoms with Crippen molar-refractivity contribution >= 4 is 12.1 Å².